The van der Waals surface area contributed by atoms with Gasteiger partial charge in [-0.25, -0.2) is 0 Å². The molecule has 1 aromatic carbocycles. The minimum absolute atomic E-state index is 0.588. The molecule has 5 nitrogen and oxygen atoms in total. The summed E-state index contributed by atoms with van der Waals surface area (Å²) in [6.45, 7) is 5.71. The van der Waals surface area contributed by atoms with Crippen molar-refractivity contribution in [3.8, 4) is 0 Å². The molecule has 0 amide bonds. The fourth-order valence-electron chi connectivity index (χ4n) is 2.31. The van der Waals surface area contributed by atoms with Crippen LogP contribution in [-0.4, -0.2) is 44.2 Å². The number of hydrogen-bond acceptors (Lipinski definition) is 3. The Balaban J connectivity index is 1.77. The summed E-state index contributed by atoms with van der Waals surface area (Å²) in [5.74, 6) is 0. The fraction of sp³-hybridized carbons (Fsp3) is 0.538. The minimum Gasteiger partial charge on any atom is -0.369 e. The van der Waals surface area contributed by atoms with Gasteiger partial charge in [-0.05, 0) is 36.7 Å². The molecule has 102 valence electrons. The van der Waals surface area contributed by atoms with Crippen LogP contribution in [0, 0.1) is 0 Å². The predicted molar refractivity (Wildman–Crippen MR) is 78.7 cm³/mol. The largest absolute Gasteiger partial charge is 0.369 e. The van der Waals surface area contributed by atoms with Crippen LogP contribution in [0.1, 0.15) is 6.42 Å². The molecule has 1 heterocycles. The van der Waals surface area contributed by atoms with Crippen LogP contribution in [0.3, 0.4) is 0 Å². The average Bonchev–Trinajstić information content (AvgIpc) is 2.44. The third-order valence-corrected chi connectivity index (χ3v) is 3.58. The summed E-state index contributed by atoms with van der Waals surface area (Å²) in [6, 6.07) is 8.00. The summed E-state index contributed by atoms with van der Waals surface area (Å²) in [6.07, 6.45) is 0.932. The van der Waals surface area contributed by atoms with Gasteiger partial charge >= 0.3 is 0 Å². The van der Waals surface area contributed by atoms with Crippen LogP contribution in [0.25, 0.3) is 10.4 Å². The van der Waals surface area contributed by atoms with Gasteiger partial charge in [0, 0.05) is 48.3 Å². The Morgan fingerprint density at radius 3 is 2.74 bits per heavy atom. The highest BCUT2D eigenvalue weighted by molar-refractivity contribution is 6.30. The molecule has 0 radical (unpaired) electrons. The molecule has 0 spiro atoms. The van der Waals surface area contributed by atoms with E-state index in [0.29, 0.717) is 6.54 Å². The van der Waals surface area contributed by atoms with Crippen LogP contribution in [0.15, 0.2) is 29.4 Å². The second-order valence-corrected chi connectivity index (χ2v) is 5.05. The van der Waals surface area contributed by atoms with E-state index >= 15 is 0 Å². The van der Waals surface area contributed by atoms with Gasteiger partial charge in [0.05, 0.1) is 0 Å². The maximum atomic E-state index is 8.21. The zero-order valence-corrected chi connectivity index (χ0v) is 11.6. The molecule has 1 saturated heterocycles. The number of nitrogens with zero attached hydrogens (tertiary/aromatic N) is 5. The van der Waals surface area contributed by atoms with E-state index in [2.05, 4.69) is 25.9 Å². The fourth-order valence-corrected chi connectivity index (χ4v) is 2.50. The maximum absolute atomic E-state index is 8.21. The topological polar surface area (TPSA) is 55.2 Å². The monoisotopic (exact) mass is 279 g/mol. The quantitative estimate of drug-likeness (QED) is 0.360. The molecule has 0 bridgehead atoms. The molecule has 0 aliphatic carbocycles. The Morgan fingerprint density at radius 2 is 2.05 bits per heavy atom. The van der Waals surface area contributed by atoms with Crippen molar-refractivity contribution in [3.63, 3.8) is 0 Å². The summed E-state index contributed by atoms with van der Waals surface area (Å²) in [7, 11) is 0. The number of azide groups is 1. The lowest BCUT2D eigenvalue weighted by Crippen LogP contribution is -2.46. The lowest BCUT2D eigenvalue weighted by molar-refractivity contribution is 0.256. The number of benzene rings is 1. The van der Waals surface area contributed by atoms with E-state index in [0.717, 1.165) is 44.2 Å². The molecule has 2 rings (SSSR count). The normalized spacial score (nSPS) is 16.2. The van der Waals surface area contributed by atoms with Gasteiger partial charge in [-0.15, -0.1) is 0 Å². The van der Waals surface area contributed by atoms with Crippen molar-refractivity contribution < 1.29 is 0 Å². The van der Waals surface area contributed by atoms with Crippen LogP contribution >= 0.6 is 11.6 Å². The Bertz CT molecular complexity index is 450. The van der Waals surface area contributed by atoms with E-state index in [1.165, 1.54) is 5.69 Å². The van der Waals surface area contributed by atoms with Gasteiger partial charge in [-0.3, -0.25) is 4.90 Å². The smallest absolute Gasteiger partial charge is 0.0426 e. The summed E-state index contributed by atoms with van der Waals surface area (Å²) in [5.41, 5.74) is 9.41. The Labute approximate surface area is 118 Å². The van der Waals surface area contributed by atoms with Gasteiger partial charge in [0.25, 0.3) is 0 Å². The number of rotatable bonds is 5. The van der Waals surface area contributed by atoms with Gasteiger partial charge in [-0.1, -0.05) is 22.8 Å². The van der Waals surface area contributed by atoms with Gasteiger partial charge in [0.2, 0.25) is 0 Å². The Hall–Kier alpha value is -1.42. The minimum atomic E-state index is 0.588. The van der Waals surface area contributed by atoms with Crippen molar-refractivity contribution >= 4 is 17.3 Å². The lowest BCUT2D eigenvalue weighted by Gasteiger charge is -2.36. The first-order chi connectivity index (χ1) is 9.29. The Kier molecular flexibility index (Phi) is 5.33. The van der Waals surface area contributed by atoms with E-state index in [1.807, 2.05) is 18.2 Å². The number of hydrogen-bond donors (Lipinski definition) is 0. The average molecular weight is 280 g/mol. The van der Waals surface area contributed by atoms with Crippen LogP contribution in [0.4, 0.5) is 5.69 Å². The Morgan fingerprint density at radius 1 is 1.26 bits per heavy atom. The van der Waals surface area contributed by atoms with Gasteiger partial charge in [0.1, 0.15) is 0 Å². The molecule has 0 unspecified atom stereocenters. The number of anilines is 1. The number of halogens is 1. The van der Waals surface area contributed by atoms with Crippen LogP contribution < -0.4 is 4.90 Å². The van der Waals surface area contributed by atoms with E-state index in [1.54, 1.807) is 0 Å². The highest BCUT2D eigenvalue weighted by atomic mass is 35.5. The summed E-state index contributed by atoms with van der Waals surface area (Å²) in [5, 5.41) is 4.34. The molecule has 6 heteroatoms. The van der Waals surface area contributed by atoms with Gasteiger partial charge in [0.15, 0.2) is 0 Å². The third-order valence-electron chi connectivity index (χ3n) is 3.34. The SMILES string of the molecule is [N-]=[N+]=NCCCN1CCN(c2cccc(Cl)c2)CC1. The first-order valence-corrected chi connectivity index (χ1v) is 6.91. The molecule has 1 aliphatic heterocycles. The molecular formula is C13H18ClN5. The maximum Gasteiger partial charge on any atom is 0.0426 e. The van der Waals surface area contributed by atoms with Crippen LogP contribution in [-0.2, 0) is 0 Å². The van der Waals surface area contributed by atoms with Crippen molar-refractivity contribution in [2.75, 3.05) is 44.2 Å². The summed E-state index contributed by atoms with van der Waals surface area (Å²) < 4.78 is 0. The molecule has 1 aromatic rings. The molecule has 1 fully saturated rings. The third kappa shape index (κ3) is 4.31. The molecule has 1 aliphatic rings. The highest BCUT2D eigenvalue weighted by Gasteiger charge is 2.16. The highest BCUT2D eigenvalue weighted by Crippen LogP contribution is 2.20. The van der Waals surface area contributed by atoms with Crippen LogP contribution in [0.2, 0.25) is 5.02 Å². The van der Waals surface area contributed by atoms with Gasteiger partial charge in [-0.2, -0.15) is 0 Å². The van der Waals surface area contributed by atoms with Gasteiger partial charge < -0.3 is 4.90 Å². The van der Waals surface area contributed by atoms with Crippen molar-refractivity contribution in [1.82, 2.24) is 4.90 Å². The number of piperazine rings is 1. The van der Waals surface area contributed by atoms with E-state index < -0.39 is 0 Å². The molecule has 19 heavy (non-hydrogen) atoms. The van der Waals surface area contributed by atoms with Crippen molar-refractivity contribution in [2.24, 2.45) is 5.11 Å². The first-order valence-electron chi connectivity index (χ1n) is 6.53. The summed E-state index contributed by atoms with van der Waals surface area (Å²) in [4.78, 5) is 7.53. The first kappa shape index (κ1) is 14.0. The lowest BCUT2D eigenvalue weighted by atomic mass is 10.2. The second-order valence-electron chi connectivity index (χ2n) is 4.62. The predicted octanol–water partition coefficient (Wildman–Crippen LogP) is 3.16. The van der Waals surface area contributed by atoms with E-state index in [4.69, 9.17) is 17.1 Å². The molecular weight excluding hydrogens is 262 g/mol. The molecule has 0 atom stereocenters. The molecule has 0 saturated carbocycles. The second kappa shape index (κ2) is 7.24. The van der Waals surface area contributed by atoms with Crippen molar-refractivity contribution in [2.45, 2.75) is 6.42 Å². The zero-order chi connectivity index (χ0) is 13.5. The van der Waals surface area contributed by atoms with Crippen molar-refractivity contribution in [3.05, 3.63) is 39.7 Å². The zero-order valence-electron chi connectivity index (χ0n) is 10.9. The molecule has 0 N–H and O–H groups in total. The van der Waals surface area contributed by atoms with Crippen molar-refractivity contribution in [1.29, 1.82) is 0 Å². The van der Waals surface area contributed by atoms with E-state index in [-0.39, 0.29) is 0 Å². The summed E-state index contributed by atoms with van der Waals surface area (Å²) >= 11 is 6.01. The van der Waals surface area contributed by atoms with E-state index in [9.17, 15) is 0 Å². The molecule has 0 aromatic heterocycles. The standard InChI is InChI=1S/C13H18ClN5/c14-12-3-1-4-13(11-12)19-9-7-18(8-10-19)6-2-5-16-17-15/h1,3-4,11H,2,5-10H2. The van der Waals surface area contributed by atoms with Crippen LogP contribution in [0.5, 0.6) is 0 Å².